The van der Waals surface area contributed by atoms with Crippen LogP contribution in [0.4, 0.5) is 5.00 Å². The summed E-state index contributed by atoms with van der Waals surface area (Å²) in [4.78, 5) is 35.2. The Morgan fingerprint density at radius 2 is 1.75 bits per heavy atom. The molecule has 0 aliphatic rings. The Balaban J connectivity index is 3.30. The van der Waals surface area contributed by atoms with Gasteiger partial charge in [-0.05, 0) is 25.5 Å². The van der Waals surface area contributed by atoms with Gasteiger partial charge in [0.25, 0.3) is 0 Å². The van der Waals surface area contributed by atoms with Crippen LogP contribution in [0, 0.1) is 6.92 Å². The molecule has 0 bridgehead atoms. The van der Waals surface area contributed by atoms with Gasteiger partial charge in [-0.1, -0.05) is 6.08 Å². The van der Waals surface area contributed by atoms with Crippen LogP contribution in [-0.4, -0.2) is 32.1 Å². The predicted molar refractivity (Wildman–Crippen MR) is 75.2 cm³/mol. The number of nitrogens with one attached hydrogen (secondary N) is 1. The molecular weight excluding hydrogens is 282 g/mol. The molecular formula is C13H15NO5S. The second kappa shape index (κ2) is 6.85. The fourth-order valence-corrected chi connectivity index (χ4v) is 2.66. The monoisotopic (exact) mass is 297 g/mol. The van der Waals surface area contributed by atoms with Gasteiger partial charge in [0, 0.05) is 0 Å². The number of ether oxygens (including phenoxy) is 2. The van der Waals surface area contributed by atoms with Crippen LogP contribution in [0.5, 0.6) is 0 Å². The molecule has 0 aromatic carbocycles. The third-order valence-electron chi connectivity index (χ3n) is 2.46. The summed E-state index contributed by atoms with van der Waals surface area (Å²) in [5.41, 5.74) is 0.584. The lowest BCUT2D eigenvalue weighted by Gasteiger charge is -2.03. The van der Waals surface area contributed by atoms with Gasteiger partial charge in [-0.2, -0.15) is 0 Å². The first-order chi connectivity index (χ1) is 9.46. The molecule has 0 aliphatic carbocycles. The van der Waals surface area contributed by atoms with Crippen molar-refractivity contribution in [1.82, 2.24) is 0 Å². The summed E-state index contributed by atoms with van der Waals surface area (Å²) < 4.78 is 9.32. The fourth-order valence-electron chi connectivity index (χ4n) is 1.54. The van der Waals surface area contributed by atoms with Crippen molar-refractivity contribution in [2.75, 3.05) is 19.5 Å². The number of thiophene rings is 1. The maximum Gasteiger partial charge on any atom is 0.348 e. The number of anilines is 1. The minimum absolute atomic E-state index is 0.163. The molecule has 108 valence electrons. The van der Waals surface area contributed by atoms with Gasteiger partial charge in [0.1, 0.15) is 9.88 Å². The summed E-state index contributed by atoms with van der Waals surface area (Å²) in [5.74, 6) is -1.58. The maximum absolute atomic E-state index is 11.8. The molecule has 1 amide bonds. The molecule has 7 heteroatoms. The smallest absolute Gasteiger partial charge is 0.348 e. The van der Waals surface area contributed by atoms with Gasteiger partial charge in [0.15, 0.2) is 0 Å². The molecule has 1 aromatic rings. The van der Waals surface area contributed by atoms with Gasteiger partial charge in [-0.25, -0.2) is 9.59 Å². The Bertz CT molecular complexity index is 574. The highest BCUT2D eigenvalue weighted by atomic mass is 32.1. The van der Waals surface area contributed by atoms with Gasteiger partial charge in [0.2, 0.25) is 5.91 Å². The lowest BCUT2D eigenvalue weighted by molar-refractivity contribution is -0.111. The lowest BCUT2D eigenvalue weighted by Crippen LogP contribution is -2.11. The summed E-state index contributed by atoms with van der Waals surface area (Å²) in [6.07, 6.45) is 2.88. The molecule has 0 radical (unpaired) electrons. The third-order valence-corrected chi connectivity index (χ3v) is 3.65. The average molecular weight is 297 g/mol. The zero-order chi connectivity index (χ0) is 15.3. The van der Waals surface area contributed by atoms with E-state index in [9.17, 15) is 14.4 Å². The van der Waals surface area contributed by atoms with E-state index in [0.29, 0.717) is 5.56 Å². The molecule has 20 heavy (non-hydrogen) atoms. The van der Waals surface area contributed by atoms with Crippen LogP contribution in [0.25, 0.3) is 0 Å². The lowest BCUT2D eigenvalue weighted by atomic mass is 10.1. The number of hydrogen-bond donors (Lipinski definition) is 1. The average Bonchev–Trinajstić information content (AvgIpc) is 2.74. The molecule has 0 saturated heterocycles. The normalized spacial score (nSPS) is 10.4. The van der Waals surface area contributed by atoms with Crippen molar-refractivity contribution >= 4 is 34.2 Å². The maximum atomic E-state index is 11.8. The minimum atomic E-state index is -0.621. The van der Waals surface area contributed by atoms with Crippen LogP contribution in [-0.2, 0) is 14.3 Å². The third kappa shape index (κ3) is 3.24. The highest BCUT2D eigenvalue weighted by molar-refractivity contribution is 7.18. The topological polar surface area (TPSA) is 81.7 Å². The molecule has 0 atom stereocenters. The van der Waals surface area contributed by atoms with Crippen molar-refractivity contribution < 1.29 is 23.9 Å². The molecule has 1 N–H and O–H groups in total. The minimum Gasteiger partial charge on any atom is -0.465 e. The number of esters is 2. The molecule has 0 spiro atoms. The van der Waals surface area contributed by atoms with Crippen LogP contribution < -0.4 is 5.32 Å². The Morgan fingerprint density at radius 1 is 1.15 bits per heavy atom. The van der Waals surface area contributed by atoms with Gasteiger partial charge in [-0.15, -0.1) is 11.3 Å². The molecule has 1 heterocycles. The summed E-state index contributed by atoms with van der Waals surface area (Å²) in [6, 6.07) is 0. The van der Waals surface area contributed by atoms with Crippen molar-refractivity contribution in [2.24, 2.45) is 0 Å². The van der Waals surface area contributed by atoms with Crippen LogP contribution in [0.1, 0.15) is 32.5 Å². The van der Waals surface area contributed by atoms with Crippen molar-refractivity contribution in [2.45, 2.75) is 13.8 Å². The van der Waals surface area contributed by atoms with E-state index in [1.165, 1.54) is 20.3 Å². The molecule has 0 fully saturated rings. The first-order valence-electron chi connectivity index (χ1n) is 5.69. The largest absolute Gasteiger partial charge is 0.465 e. The number of amides is 1. The van der Waals surface area contributed by atoms with E-state index in [4.69, 9.17) is 0 Å². The number of methoxy groups -OCH3 is 2. The fraction of sp³-hybridized carbons (Fsp3) is 0.308. The van der Waals surface area contributed by atoms with Crippen LogP contribution >= 0.6 is 11.3 Å². The quantitative estimate of drug-likeness (QED) is 0.680. The standard InChI is InChI=1S/C13H15NO5S/c1-5-6-8(15)14-11-9(12(16)18-3)7(2)10(20-11)13(17)19-4/h5-6H,1-4H3,(H,14,15). The molecule has 0 saturated carbocycles. The molecule has 0 unspecified atom stereocenters. The Kier molecular flexibility index (Phi) is 5.45. The van der Waals surface area contributed by atoms with Crippen LogP contribution in [0.15, 0.2) is 12.2 Å². The van der Waals surface area contributed by atoms with E-state index in [2.05, 4.69) is 14.8 Å². The van der Waals surface area contributed by atoms with Crippen molar-refractivity contribution in [1.29, 1.82) is 0 Å². The van der Waals surface area contributed by atoms with Gasteiger partial charge >= 0.3 is 11.9 Å². The van der Waals surface area contributed by atoms with Gasteiger partial charge in [-0.3, -0.25) is 4.79 Å². The Morgan fingerprint density at radius 3 is 2.25 bits per heavy atom. The van der Waals surface area contributed by atoms with E-state index in [1.807, 2.05) is 0 Å². The van der Waals surface area contributed by atoms with Crippen molar-refractivity contribution in [3.63, 3.8) is 0 Å². The molecule has 6 nitrogen and oxygen atoms in total. The summed E-state index contributed by atoms with van der Waals surface area (Å²) >= 11 is 0.975. The van der Waals surface area contributed by atoms with Gasteiger partial charge in [0.05, 0.1) is 19.8 Å². The molecule has 1 aromatic heterocycles. The number of rotatable bonds is 4. The van der Waals surface area contributed by atoms with E-state index in [1.54, 1.807) is 19.9 Å². The zero-order valence-electron chi connectivity index (χ0n) is 11.6. The highest BCUT2D eigenvalue weighted by Crippen LogP contribution is 2.34. The van der Waals surface area contributed by atoms with Crippen molar-refractivity contribution in [3.05, 3.63) is 28.2 Å². The zero-order valence-corrected chi connectivity index (χ0v) is 12.4. The van der Waals surface area contributed by atoms with Gasteiger partial charge < -0.3 is 14.8 Å². The van der Waals surface area contributed by atoms with E-state index >= 15 is 0 Å². The summed E-state index contributed by atoms with van der Waals surface area (Å²) in [5, 5.41) is 2.81. The summed E-state index contributed by atoms with van der Waals surface area (Å²) in [6.45, 7) is 3.29. The number of carbonyl (C=O) groups excluding carboxylic acids is 3. The van der Waals surface area contributed by atoms with E-state index < -0.39 is 17.8 Å². The SMILES string of the molecule is CC=CC(=O)Nc1sc(C(=O)OC)c(C)c1C(=O)OC. The van der Waals surface area contributed by atoms with Crippen LogP contribution in [0.3, 0.4) is 0 Å². The van der Waals surface area contributed by atoms with Crippen molar-refractivity contribution in [3.8, 4) is 0 Å². The first-order valence-corrected chi connectivity index (χ1v) is 6.51. The number of hydrogen-bond acceptors (Lipinski definition) is 6. The Labute approximate surface area is 120 Å². The van der Waals surface area contributed by atoms with Crippen LogP contribution in [0.2, 0.25) is 0 Å². The first kappa shape index (κ1) is 15.9. The second-order valence-corrected chi connectivity index (χ2v) is 4.75. The number of allylic oxidation sites excluding steroid dienone is 1. The van der Waals surface area contributed by atoms with E-state index in [-0.39, 0.29) is 15.4 Å². The van der Waals surface area contributed by atoms with E-state index in [0.717, 1.165) is 11.3 Å². The number of carbonyl (C=O) groups is 3. The molecule has 1 rings (SSSR count). The summed E-state index contributed by atoms with van der Waals surface area (Å²) in [7, 11) is 2.48. The second-order valence-electron chi connectivity index (χ2n) is 3.73. The predicted octanol–water partition coefficient (Wildman–Crippen LogP) is 2.14. The molecule has 0 aliphatic heterocycles. The Hall–Kier alpha value is -2.15. The highest BCUT2D eigenvalue weighted by Gasteiger charge is 2.26.